The maximum Gasteiger partial charge on any atom is 0.287 e. The number of pyridine rings is 1. The van der Waals surface area contributed by atoms with Crippen molar-refractivity contribution in [1.82, 2.24) is 20.5 Å². The number of nitrogens with zero attached hydrogens (tertiary/aromatic N) is 3. The van der Waals surface area contributed by atoms with Gasteiger partial charge >= 0.3 is 0 Å². The van der Waals surface area contributed by atoms with Crippen molar-refractivity contribution in [1.29, 1.82) is 0 Å². The van der Waals surface area contributed by atoms with E-state index in [1.807, 2.05) is 50.2 Å². The van der Waals surface area contributed by atoms with Gasteiger partial charge in [-0.3, -0.25) is 4.79 Å². The Morgan fingerprint density at radius 1 is 1.23 bits per heavy atom. The lowest BCUT2D eigenvalue weighted by atomic mass is 10.1. The highest BCUT2D eigenvalue weighted by Gasteiger charge is 2.21. The van der Waals surface area contributed by atoms with Gasteiger partial charge in [0.05, 0.1) is 6.61 Å². The maximum absolute atomic E-state index is 13.0. The normalized spacial score (nSPS) is 11.0. The van der Waals surface area contributed by atoms with Crippen LogP contribution >= 0.6 is 23.1 Å². The molecular formula is C22H22N4O3S2. The molecule has 1 N–H and O–H groups in total. The Kier molecular flexibility index (Phi) is 6.83. The van der Waals surface area contributed by atoms with E-state index < -0.39 is 0 Å². The summed E-state index contributed by atoms with van der Waals surface area (Å²) in [6.07, 6.45) is 2.57. The summed E-state index contributed by atoms with van der Waals surface area (Å²) < 4.78 is 12.5. The van der Waals surface area contributed by atoms with E-state index in [9.17, 15) is 4.79 Å². The molecule has 0 fully saturated rings. The van der Waals surface area contributed by atoms with Crippen LogP contribution in [0.3, 0.4) is 0 Å². The number of hydrogen-bond acceptors (Lipinski definition) is 8. The molecule has 0 spiro atoms. The molecule has 0 unspecified atom stereocenters. The van der Waals surface area contributed by atoms with Crippen molar-refractivity contribution in [2.24, 2.45) is 0 Å². The predicted molar refractivity (Wildman–Crippen MR) is 122 cm³/mol. The van der Waals surface area contributed by atoms with E-state index >= 15 is 0 Å². The highest BCUT2D eigenvalue weighted by Crippen LogP contribution is 2.33. The lowest BCUT2D eigenvalue weighted by Gasteiger charge is -2.10. The van der Waals surface area contributed by atoms with E-state index in [-0.39, 0.29) is 5.91 Å². The van der Waals surface area contributed by atoms with Crippen LogP contribution < -0.4 is 10.1 Å². The number of furan rings is 1. The maximum atomic E-state index is 13.0. The number of hydrogen-bond donors (Lipinski definition) is 1. The van der Waals surface area contributed by atoms with Crippen LogP contribution in [-0.4, -0.2) is 27.7 Å². The molecule has 1 amide bonds. The molecule has 0 radical (unpaired) electrons. The van der Waals surface area contributed by atoms with E-state index in [1.54, 1.807) is 18.0 Å². The minimum Gasteiger partial charge on any atom is -0.477 e. The van der Waals surface area contributed by atoms with Crippen molar-refractivity contribution in [3.8, 4) is 5.88 Å². The topological polar surface area (TPSA) is 90.1 Å². The third-order valence-corrected chi connectivity index (χ3v) is 6.48. The number of carbonyl (C=O) groups is 1. The first-order chi connectivity index (χ1) is 15.2. The van der Waals surface area contributed by atoms with Crippen LogP contribution in [0.5, 0.6) is 5.88 Å². The fourth-order valence-electron chi connectivity index (χ4n) is 3.04. The van der Waals surface area contributed by atoms with Crippen LogP contribution in [0.25, 0.3) is 11.0 Å². The molecule has 31 heavy (non-hydrogen) atoms. The summed E-state index contributed by atoms with van der Waals surface area (Å²) in [6.45, 7) is 4.83. The number of thioether (sulfide) groups is 1. The third-order valence-electron chi connectivity index (χ3n) is 4.48. The second-order valence-corrected chi connectivity index (χ2v) is 9.18. The van der Waals surface area contributed by atoms with Crippen molar-refractivity contribution < 1.29 is 13.9 Å². The minimum absolute atomic E-state index is 0.273. The SMILES string of the molecule is CCCOc1ncccc1CNC(=O)c1oc2ccccc2c1CSc1nnc(C)s1. The van der Waals surface area contributed by atoms with Crippen LogP contribution in [-0.2, 0) is 12.3 Å². The first-order valence-electron chi connectivity index (χ1n) is 9.94. The molecule has 3 heterocycles. The van der Waals surface area contributed by atoms with Gasteiger partial charge in [0.1, 0.15) is 10.6 Å². The minimum atomic E-state index is -0.273. The summed E-state index contributed by atoms with van der Waals surface area (Å²) in [5.74, 6) is 1.14. The molecule has 0 saturated carbocycles. The zero-order valence-electron chi connectivity index (χ0n) is 17.3. The van der Waals surface area contributed by atoms with Gasteiger partial charge in [-0.05, 0) is 25.5 Å². The first kappa shape index (κ1) is 21.3. The Balaban J connectivity index is 1.54. The average Bonchev–Trinajstić information content (AvgIpc) is 3.38. The molecular weight excluding hydrogens is 432 g/mol. The molecule has 7 nitrogen and oxygen atoms in total. The molecule has 4 rings (SSSR count). The molecule has 0 aliphatic carbocycles. The number of ether oxygens (including phenoxy) is 1. The van der Waals surface area contributed by atoms with Crippen molar-refractivity contribution in [2.75, 3.05) is 6.61 Å². The summed E-state index contributed by atoms with van der Waals surface area (Å²) in [4.78, 5) is 17.3. The van der Waals surface area contributed by atoms with E-state index in [4.69, 9.17) is 9.15 Å². The first-order valence-corrected chi connectivity index (χ1v) is 11.7. The van der Waals surface area contributed by atoms with Crippen molar-refractivity contribution in [2.45, 2.75) is 36.9 Å². The molecule has 1 aromatic carbocycles. The number of benzene rings is 1. The van der Waals surface area contributed by atoms with Gasteiger partial charge in [0.15, 0.2) is 10.1 Å². The number of para-hydroxylation sites is 1. The van der Waals surface area contributed by atoms with E-state index in [1.165, 1.54) is 11.3 Å². The van der Waals surface area contributed by atoms with Crippen LogP contribution in [0.15, 0.2) is 51.4 Å². The summed E-state index contributed by atoms with van der Waals surface area (Å²) >= 11 is 3.08. The lowest BCUT2D eigenvalue weighted by Crippen LogP contribution is -2.23. The Labute approximate surface area is 188 Å². The molecule has 3 aromatic heterocycles. The van der Waals surface area contributed by atoms with Crippen molar-refractivity contribution >= 4 is 40.0 Å². The summed E-state index contributed by atoms with van der Waals surface area (Å²) in [7, 11) is 0. The Hall–Kier alpha value is -2.91. The Bertz CT molecular complexity index is 1190. The summed E-state index contributed by atoms with van der Waals surface area (Å²) in [5.41, 5.74) is 2.35. The largest absolute Gasteiger partial charge is 0.477 e. The zero-order valence-corrected chi connectivity index (χ0v) is 18.9. The van der Waals surface area contributed by atoms with Crippen molar-refractivity contribution in [3.05, 3.63) is 64.5 Å². The average molecular weight is 455 g/mol. The van der Waals surface area contributed by atoms with Gasteiger partial charge in [0, 0.05) is 35.0 Å². The molecule has 0 atom stereocenters. The van der Waals surface area contributed by atoms with Crippen LogP contribution in [0.4, 0.5) is 0 Å². The second-order valence-electron chi connectivity index (χ2n) is 6.78. The van der Waals surface area contributed by atoms with E-state index in [2.05, 4.69) is 20.5 Å². The number of amides is 1. The van der Waals surface area contributed by atoms with Gasteiger partial charge in [-0.15, -0.1) is 10.2 Å². The highest BCUT2D eigenvalue weighted by molar-refractivity contribution is 8.00. The summed E-state index contributed by atoms with van der Waals surface area (Å²) in [6, 6.07) is 11.4. The molecule has 4 aromatic rings. The monoisotopic (exact) mass is 454 g/mol. The standard InChI is InChI=1S/C22H22N4O3S2/c1-3-11-28-21-15(7-6-10-23-21)12-24-20(27)19-17(13-30-22-26-25-14(2)31-22)16-8-4-5-9-18(16)29-19/h4-10H,3,11-13H2,1-2H3,(H,24,27). The van der Waals surface area contributed by atoms with Crippen LogP contribution in [0, 0.1) is 6.92 Å². The zero-order chi connectivity index (χ0) is 21.6. The quantitative estimate of drug-likeness (QED) is 0.356. The molecule has 0 aliphatic rings. The van der Waals surface area contributed by atoms with E-state index in [0.717, 1.165) is 32.3 Å². The number of aromatic nitrogens is 3. The smallest absolute Gasteiger partial charge is 0.287 e. The molecule has 9 heteroatoms. The third kappa shape index (κ3) is 5.05. The number of fused-ring (bicyclic) bond motifs is 1. The molecule has 0 bridgehead atoms. The number of carbonyl (C=O) groups excluding carboxylic acids is 1. The molecule has 160 valence electrons. The highest BCUT2D eigenvalue weighted by atomic mass is 32.2. The van der Waals surface area contributed by atoms with Crippen LogP contribution in [0.1, 0.15) is 40.0 Å². The molecule has 0 aliphatic heterocycles. The van der Waals surface area contributed by atoms with E-state index in [0.29, 0.717) is 36.1 Å². The predicted octanol–water partition coefficient (Wildman–Crippen LogP) is 5.00. The van der Waals surface area contributed by atoms with Gasteiger partial charge in [0.2, 0.25) is 5.88 Å². The second kappa shape index (κ2) is 9.93. The van der Waals surface area contributed by atoms with Crippen molar-refractivity contribution in [3.63, 3.8) is 0 Å². The van der Waals surface area contributed by atoms with Gasteiger partial charge in [-0.2, -0.15) is 0 Å². The number of aryl methyl sites for hydroxylation is 1. The van der Waals surface area contributed by atoms with Gasteiger partial charge in [0.25, 0.3) is 5.91 Å². The van der Waals surface area contributed by atoms with Gasteiger partial charge < -0.3 is 14.5 Å². The van der Waals surface area contributed by atoms with Crippen LogP contribution in [0.2, 0.25) is 0 Å². The summed E-state index contributed by atoms with van der Waals surface area (Å²) in [5, 5.41) is 13.0. The molecule has 0 saturated heterocycles. The lowest BCUT2D eigenvalue weighted by molar-refractivity contribution is 0.0924. The van der Waals surface area contributed by atoms with Gasteiger partial charge in [-0.25, -0.2) is 4.98 Å². The van der Waals surface area contributed by atoms with Gasteiger partial charge in [-0.1, -0.05) is 54.3 Å². The Morgan fingerprint density at radius 3 is 2.90 bits per heavy atom. The Morgan fingerprint density at radius 2 is 2.10 bits per heavy atom. The number of nitrogens with one attached hydrogen (secondary N) is 1. The number of rotatable bonds is 9. The fraction of sp³-hybridized carbons (Fsp3) is 0.273. The fourth-order valence-corrected chi connectivity index (χ4v) is 4.88.